The summed E-state index contributed by atoms with van der Waals surface area (Å²) in [5.41, 5.74) is -1.17. The standard InChI is InChI=1S/C14H14F4N2O/c1-2-19-6-5-13-20-8-12(21-13)10-7-9(14(16,17)18)3-4-11(10)15/h3-4,7-8,19H,2,5-6H2,1H3. The number of aromatic nitrogens is 1. The van der Waals surface area contributed by atoms with Gasteiger partial charge in [0.1, 0.15) is 5.82 Å². The van der Waals surface area contributed by atoms with Gasteiger partial charge in [-0.05, 0) is 24.7 Å². The molecule has 0 atom stereocenters. The summed E-state index contributed by atoms with van der Waals surface area (Å²) in [6.07, 6.45) is -2.81. The van der Waals surface area contributed by atoms with E-state index >= 15 is 0 Å². The number of hydrogen-bond donors (Lipinski definition) is 1. The van der Waals surface area contributed by atoms with Crippen LogP contribution >= 0.6 is 0 Å². The summed E-state index contributed by atoms with van der Waals surface area (Å²) in [6.45, 7) is 3.36. The number of halogens is 4. The Morgan fingerprint density at radius 2 is 2.05 bits per heavy atom. The van der Waals surface area contributed by atoms with Crippen LogP contribution < -0.4 is 5.32 Å². The second-order valence-electron chi connectivity index (χ2n) is 4.41. The average Bonchev–Trinajstić information content (AvgIpc) is 2.87. The molecule has 0 aliphatic heterocycles. The zero-order chi connectivity index (χ0) is 15.5. The molecule has 0 bridgehead atoms. The molecular formula is C14H14F4N2O. The van der Waals surface area contributed by atoms with Gasteiger partial charge in [-0.3, -0.25) is 0 Å². The summed E-state index contributed by atoms with van der Waals surface area (Å²) in [6, 6.07) is 2.20. The van der Waals surface area contributed by atoms with Crippen LogP contribution in [0.5, 0.6) is 0 Å². The predicted molar refractivity (Wildman–Crippen MR) is 69.1 cm³/mol. The van der Waals surface area contributed by atoms with Crippen molar-refractivity contribution >= 4 is 0 Å². The quantitative estimate of drug-likeness (QED) is 0.677. The molecule has 1 aromatic carbocycles. The Morgan fingerprint density at radius 3 is 2.71 bits per heavy atom. The SMILES string of the molecule is CCNCCc1ncc(-c2cc(C(F)(F)F)ccc2F)o1. The normalized spacial score (nSPS) is 11.9. The zero-order valence-electron chi connectivity index (χ0n) is 11.3. The lowest BCUT2D eigenvalue weighted by molar-refractivity contribution is -0.137. The summed E-state index contributed by atoms with van der Waals surface area (Å²) in [7, 11) is 0. The lowest BCUT2D eigenvalue weighted by Gasteiger charge is -2.08. The molecule has 0 fully saturated rings. The van der Waals surface area contributed by atoms with Crippen LogP contribution in [0, 0.1) is 5.82 Å². The molecule has 0 saturated carbocycles. The fourth-order valence-electron chi connectivity index (χ4n) is 1.81. The van der Waals surface area contributed by atoms with Crippen molar-refractivity contribution in [1.29, 1.82) is 0 Å². The monoisotopic (exact) mass is 302 g/mol. The Bertz CT molecular complexity index is 607. The second kappa shape index (κ2) is 6.26. The molecule has 0 spiro atoms. The highest BCUT2D eigenvalue weighted by Crippen LogP contribution is 2.33. The number of nitrogens with one attached hydrogen (secondary N) is 1. The summed E-state index contributed by atoms with van der Waals surface area (Å²) in [5.74, 6) is -0.440. The largest absolute Gasteiger partial charge is 0.441 e. The minimum atomic E-state index is -4.53. The number of likely N-dealkylation sites (N-methyl/N-ethyl adjacent to an activating group) is 1. The molecule has 0 unspecified atom stereocenters. The van der Waals surface area contributed by atoms with Gasteiger partial charge < -0.3 is 9.73 Å². The van der Waals surface area contributed by atoms with Gasteiger partial charge in [-0.1, -0.05) is 6.92 Å². The molecule has 0 aliphatic carbocycles. The van der Waals surface area contributed by atoms with Crippen LogP contribution in [-0.4, -0.2) is 18.1 Å². The van der Waals surface area contributed by atoms with Gasteiger partial charge in [0.15, 0.2) is 11.7 Å². The van der Waals surface area contributed by atoms with Crippen LogP contribution in [0.2, 0.25) is 0 Å². The fraction of sp³-hybridized carbons (Fsp3) is 0.357. The summed E-state index contributed by atoms with van der Waals surface area (Å²) in [5, 5.41) is 3.06. The first-order valence-electron chi connectivity index (χ1n) is 6.44. The van der Waals surface area contributed by atoms with E-state index in [4.69, 9.17) is 4.42 Å². The Labute approximate surface area is 119 Å². The number of rotatable bonds is 5. The van der Waals surface area contributed by atoms with E-state index in [0.717, 1.165) is 18.7 Å². The van der Waals surface area contributed by atoms with Crippen molar-refractivity contribution in [3.63, 3.8) is 0 Å². The van der Waals surface area contributed by atoms with E-state index in [1.54, 1.807) is 0 Å². The van der Waals surface area contributed by atoms with Gasteiger partial charge in [0.05, 0.1) is 17.3 Å². The van der Waals surface area contributed by atoms with E-state index in [1.165, 1.54) is 6.20 Å². The van der Waals surface area contributed by atoms with Crippen LogP contribution in [0.25, 0.3) is 11.3 Å². The van der Waals surface area contributed by atoms with Crippen molar-refractivity contribution < 1.29 is 22.0 Å². The van der Waals surface area contributed by atoms with Crippen LogP contribution in [0.4, 0.5) is 17.6 Å². The van der Waals surface area contributed by atoms with E-state index in [-0.39, 0.29) is 11.3 Å². The molecule has 1 heterocycles. The Balaban J connectivity index is 2.25. The average molecular weight is 302 g/mol. The van der Waals surface area contributed by atoms with Gasteiger partial charge in [-0.25, -0.2) is 9.37 Å². The van der Waals surface area contributed by atoms with Gasteiger partial charge in [-0.15, -0.1) is 0 Å². The lowest BCUT2D eigenvalue weighted by Crippen LogP contribution is -2.16. The number of alkyl halides is 3. The Kier molecular flexibility index (Phi) is 4.62. The van der Waals surface area contributed by atoms with Crippen LogP contribution in [-0.2, 0) is 12.6 Å². The van der Waals surface area contributed by atoms with E-state index in [2.05, 4.69) is 10.3 Å². The highest BCUT2D eigenvalue weighted by Gasteiger charge is 2.31. The van der Waals surface area contributed by atoms with Crippen molar-refractivity contribution in [3.05, 3.63) is 41.7 Å². The topological polar surface area (TPSA) is 38.1 Å². The minimum Gasteiger partial charge on any atom is -0.441 e. The molecular weight excluding hydrogens is 288 g/mol. The van der Waals surface area contributed by atoms with Crippen molar-refractivity contribution in [3.8, 4) is 11.3 Å². The maximum atomic E-state index is 13.7. The van der Waals surface area contributed by atoms with Crippen molar-refractivity contribution in [2.45, 2.75) is 19.5 Å². The third kappa shape index (κ3) is 3.81. The molecule has 114 valence electrons. The van der Waals surface area contributed by atoms with E-state index in [1.807, 2.05) is 6.92 Å². The predicted octanol–water partition coefficient (Wildman–Crippen LogP) is 3.65. The molecule has 1 aromatic heterocycles. The molecule has 3 nitrogen and oxygen atoms in total. The summed E-state index contributed by atoms with van der Waals surface area (Å²) < 4.78 is 56.9. The summed E-state index contributed by atoms with van der Waals surface area (Å²) in [4.78, 5) is 3.94. The zero-order valence-corrected chi connectivity index (χ0v) is 11.3. The third-order valence-corrected chi connectivity index (χ3v) is 2.88. The minimum absolute atomic E-state index is 0.00917. The number of nitrogens with zero attached hydrogens (tertiary/aromatic N) is 1. The van der Waals surface area contributed by atoms with Gasteiger partial charge >= 0.3 is 6.18 Å². The maximum Gasteiger partial charge on any atom is 0.416 e. The third-order valence-electron chi connectivity index (χ3n) is 2.88. The van der Waals surface area contributed by atoms with E-state index in [0.29, 0.717) is 24.9 Å². The van der Waals surface area contributed by atoms with Gasteiger partial charge in [-0.2, -0.15) is 13.2 Å². The number of oxazole rings is 1. The van der Waals surface area contributed by atoms with E-state index in [9.17, 15) is 17.6 Å². The molecule has 0 amide bonds. The highest BCUT2D eigenvalue weighted by molar-refractivity contribution is 5.58. The van der Waals surface area contributed by atoms with E-state index < -0.39 is 17.6 Å². The first kappa shape index (κ1) is 15.5. The van der Waals surface area contributed by atoms with Crippen molar-refractivity contribution in [2.75, 3.05) is 13.1 Å². The second-order valence-corrected chi connectivity index (χ2v) is 4.41. The molecule has 0 saturated heterocycles. The molecule has 2 rings (SSSR count). The smallest absolute Gasteiger partial charge is 0.416 e. The van der Waals surface area contributed by atoms with Gasteiger partial charge in [0.25, 0.3) is 0 Å². The molecule has 0 aliphatic rings. The molecule has 0 radical (unpaired) electrons. The van der Waals surface area contributed by atoms with Gasteiger partial charge in [0, 0.05) is 13.0 Å². The van der Waals surface area contributed by atoms with Crippen LogP contribution in [0.15, 0.2) is 28.8 Å². The van der Waals surface area contributed by atoms with Crippen molar-refractivity contribution in [1.82, 2.24) is 10.3 Å². The Morgan fingerprint density at radius 1 is 1.29 bits per heavy atom. The summed E-state index contributed by atoms with van der Waals surface area (Å²) >= 11 is 0. The Hall–Kier alpha value is -1.89. The molecule has 21 heavy (non-hydrogen) atoms. The van der Waals surface area contributed by atoms with Crippen LogP contribution in [0.3, 0.4) is 0 Å². The molecule has 1 N–H and O–H groups in total. The first-order chi connectivity index (χ1) is 9.91. The number of hydrogen-bond acceptors (Lipinski definition) is 3. The van der Waals surface area contributed by atoms with Crippen molar-refractivity contribution in [2.24, 2.45) is 0 Å². The van der Waals surface area contributed by atoms with Crippen LogP contribution in [0.1, 0.15) is 18.4 Å². The fourth-order valence-corrected chi connectivity index (χ4v) is 1.81. The first-order valence-corrected chi connectivity index (χ1v) is 6.44. The van der Waals surface area contributed by atoms with Gasteiger partial charge in [0.2, 0.25) is 0 Å². The highest BCUT2D eigenvalue weighted by atomic mass is 19.4. The molecule has 7 heteroatoms. The number of benzene rings is 1. The maximum absolute atomic E-state index is 13.7. The lowest BCUT2D eigenvalue weighted by atomic mass is 10.1. The molecule has 2 aromatic rings.